The second kappa shape index (κ2) is 8.67. The van der Waals surface area contributed by atoms with Crippen molar-refractivity contribution < 1.29 is 29.0 Å². The molecule has 2 fully saturated rings. The van der Waals surface area contributed by atoms with Crippen molar-refractivity contribution in [1.82, 2.24) is 4.90 Å². The molecule has 1 saturated carbocycles. The third-order valence-corrected chi connectivity index (χ3v) is 6.60. The van der Waals surface area contributed by atoms with E-state index in [1.165, 1.54) is 11.8 Å². The van der Waals surface area contributed by atoms with Crippen LogP contribution in [0.25, 0.3) is 0 Å². The Hall–Kier alpha value is -2.18. The number of carboxylic acids is 1. The number of esters is 1. The number of amides is 1. The molecule has 5 atom stereocenters. The van der Waals surface area contributed by atoms with Crippen LogP contribution < -0.4 is 0 Å². The number of Topliss-reactive ketones (excluding diaryl/α,β-unsaturated/α-hetero) is 1. The average Bonchev–Trinajstić information content (AvgIpc) is 3.18. The van der Waals surface area contributed by atoms with Gasteiger partial charge in [-0.2, -0.15) is 0 Å². The predicted molar refractivity (Wildman–Crippen MR) is 105 cm³/mol. The molecule has 0 aromatic carbocycles. The Kier molecular flexibility index (Phi) is 6.44. The van der Waals surface area contributed by atoms with E-state index in [0.29, 0.717) is 6.42 Å². The Morgan fingerprint density at radius 3 is 2.69 bits per heavy atom. The molecule has 3 aliphatic rings. The molecule has 7 nitrogen and oxygen atoms in total. The first-order valence-corrected chi connectivity index (χ1v) is 10.6. The minimum absolute atomic E-state index is 0.0903. The van der Waals surface area contributed by atoms with Crippen LogP contribution in [0.4, 0.5) is 0 Å². The zero-order valence-electron chi connectivity index (χ0n) is 17.3. The molecule has 2 heterocycles. The predicted octanol–water partition coefficient (Wildman–Crippen LogP) is 2.73. The number of carbonyl (C=O) groups is 4. The van der Waals surface area contributed by atoms with Gasteiger partial charge in [0.15, 0.2) is 5.78 Å². The van der Waals surface area contributed by atoms with Crippen molar-refractivity contribution in [2.75, 3.05) is 6.54 Å². The Balaban J connectivity index is 1.84. The fourth-order valence-corrected chi connectivity index (χ4v) is 4.76. The lowest BCUT2D eigenvalue weighted by Gasteiger charge is -2.27. The van der Waals surface area contributed by atoms with Crippen LogP contribution in [0.3, 0.4) is 0 Å². The van der Waals surface area contributed by atoms with Crippen LogP contribution in [0, 0.1) is 17.3 Å². The Bertz CT molecular complexity index is 716. The maximum Gasteiger partial charge on any atom is 0.310 e. The number of ether oxygens (including phenoxy) is 1. The second-order valence-electron chi connectivity index (χ2n) is 8.86. The number of fused-ring (bicyclic) bond motifs is 2. The number of ketones is 1. The van der Waals surface area contributed by atoms with Crippen molar-refractivity contribution in [3.63, 3.8) is 0 Å². The molecule has 1 aliphatic carbocycles. The van der Waals surface area contributed by atoms with Crippen LogP contribution in [-0.4, -0.2) is 52.3 Å². The van der Waals surface area contributed by atoms with Crippen LogP contribution in [0.1, 0.15) is 65.2 Å². The highest BCUT2D eigenvalue weighted by Crippen LogP contribution is 2.57. The second-order valence-corrected chi connectivity index (χ2v) is 8.86. The lowest BCUT2D eigenvalue weighted by Crippen LogP contribution is -2.44. The highest BCUT2D eigenvalue weighted by Gasteiger charge is 2.61. The summed E-state index contributed by atoms with van der Waals surface area (Å²) >= 11 is 0. The minimum atomic E-state index is -1.06. The summed E-state index contributed by atoms with van der Waals surface area (Å²) in [5.41, 5.74) is -1.06. The van der Waals surface area contributed by atoms with E-state index in [-0.39, 0.29) is 42.9 Å². The summed E-state index contributed by atoms with van der Waals surface area (Å²) in [5.74, 6) is -2.10. The SMILES string of the molecule is CC(=O)O[C@@H]1C[C@H]2C(=O)C[C@]3(C(=O)O)C[C@H]3/C=C\CCCCC[C@H](C)C(=O)N2C1. The third-order valence-electron chi connectivity index (χ3n) is 6.60. The van der Waals surface area contributed by atoms with Gasteiger partial charge in [0, 0.05) is 25.7 Å². The summed E-state index contributed by atoms with van der Waals surface area (Å²) in [6.45, 7) is 3.38. The first-order chi connectivity index (χ1) is 13.7. The summed E-state index contributed by atoms with van der Waals surface area (Å²) in [5, 5.41) is 9.78. The van der Waals surface area contributed by atoms with Gasteiger partial charge in [-0.3, -0.25) is 19.2 Å². The first-order valence-electron chi connectivity index (χ1n) is 10.6. The van der Waals surface area contributed by atoms with Gasteiger partial charge < -0.3 is 14.7 Å². The fourth-order valence-electron chi connectivity index (χ4n) is 4.76. The molecule has 0 aromatic heterocycles. The number of rotatable bonds is 2. The molecule has 0 aromatic rings. The summed E-state index contributed by atoms with van der Waals surface area (Å²) < 4.78 is 5.28. The van der Waals surface area contributed by atoms with Gasteiger partial charge in [-0.05, 0) is 31.6 Å². The van der Waals surface area contributed by atoms with Crippen molar-refractivity contribution in [3.05, 3.63) is 12.2 Å². The largest absolute Gasteiger partial charge is 0.481 e. The summed E-state index contributed by atoms with van der Waals surface area (Å²) in [6, 6.07) is -0.721. The molecule has 1 amide bonds. The van der Waals surface area contributed by atoms with E-state index in [2.05, 4.69) is 0 Å². The molecule has 2 aliphatic heterocycles. The van der Waals surface area contributed by atoms with Crippen molar-refractivity contribution in [2.24, 2.45) is 17.3 Å². The van der Waals surface area contributed by atoms with Gasteiger partial charge in [0.05, 0.1) is 18.0 Å². The Morgan fingerprint density at radius 2 is 2.00 bits per heavy atom. The number of allylic oxidation sites excluding steroid dienone is 2. The maximum atomic E-state index is 13.1. The number of hydrogen-bond donors (Lipinski definition) is 1. The Labute approximate surface area is 171 Å². The van der Waals surface area contributed by atoms with Crippen LogP contribution in [-0.2, 0) is 23.9 Å². The molecule has 1 saturated heterocycles. The summed E-state index contributed by atoms with van der Waals surface area (Å²) in [6.07, 6.45) is 8.65. The first kappa shape index (κ1) is 21.5. The number of hydrogen-bond acceptors (Lipinski definition) is 5. The molecule has 29 heavy (non-hydrogen) atoms. The zero-order chi connectivity index (χ0) is 21.2. The number of aliphatic carboxylic acids is 1. The van der Waals surface area contributed by atoms with Crippen LogP contribution in [0.15, 0.2) is 12.2 Å². The van der Waals surface area contributed by atoms with Gasteiger partial charge >= 0.3 is 11.9 Å². The molecule has 3 rings (SSSR count). The quantitative estimate of drug-likeness (QED) is 0.560. The van der Waals surface area contributed by atoms with Gasteiger partial charge in [-0.1, -0.05) is 31.9 Å². The van der Waals surface area contributed by atoms with Crippen molar-refractivity contribution >= 4 is 23.6 Å². The molecule has 0 unspecified atom stereocenters. The van der Waals surface area contributed by atoms with E-state index >= 15 is 0 Å². The number of nitrogens with zero attached hydrogens (tertiary/aromatic N) is 1. The van der Waals surface area contributed by atoms with Gasteiger partial charge in [0.2, 0.25) is 5.91 Å². The third kappa shape index (κ3) is 4.70. The van der Waals surface area contributed by atoms with E-state index in [1.54, 1.807) is 0 Å². The molecule has 0 spiro atoms. The smallest absolute Gasteiger partial charge is 0.310 e. The molecular weight excluding hydrogens is 374 g/mol. The summed E-state index contributed by atoms with van der Waals surface area (Å²) in [7, 11) is 0. The number of carboxylic acid groups (broad SMARTS) is 1. The van der Waals surface area contributed by atoms with E-state index in [9.17, 15) is 24.3 Å². The highest BCUT2D eigenvalue weighted by atomic mass is 16.5. The normalized spacial score (nSPS) is 37.0. The van der Waals surface area contributed by atoms with Crippen LogP contribution >= 0.6 is 0 Å². The highest BCUT2D eigenvalue weighted by molar-refractivity contribution is 5.94. The van der Waals surface area contributed by atoms with E-state index in [1.807, 2.05) is 19.1 Å². The Morgan fingerprint density at radius 1 is 1.24 bits per heavy atom. The zero-order valence-corrected chi connectivity index (χ0v) is 17.3. The molecule has 1 N–H and O–H groups in total. The molecule has 0 radical (unpaired) electrons. The minimum Gasteiger partial charge on any atom is -0.481 e. The average molecular weight is 405 g/mol. The van der Waals surface area contributed by atoms with Crippen LogP contribution in [0.5, 0.6) is 0 Å². The van der Waals surface area contributed by atoms with E-state index in [4.69, 9.17) is 4.74 Å². The van der Waals surface area contributed by atoms with E-state index in [0.717, 1.165) is 32.1 Å². The van der Waals surface area contributed by atoms with E-state index < -0.39 is 29.5 Å². The van der Waals surface area contributed by atoms with Gasteiger partial charge in [0.1, 0.15) is 6.10 Å². The van der Waals surface area contributed by atoms with Gasteiger partial charge in [-0.25, -0.2) is 0 Å². The van der Waals surface area contributed by atoms with Crippen molar-refractivity contribution in [1.29, 1.82) is 0 Å². The number of carbonyl (C=O) groups excluding carboxylic acids is 3. The van der Waals surface area contributed by atoms with Gasteiger partial charge in [-0.15, -0.1) is 0 Å². The summed E-state index contributed by atoms with van der Waals surface area (Å²) in [4.78, 5) is 51.0. The topological polar surface area (TPSA) is 101 Å². The lowest BCUT2D eigenvalue weighted by atomic mass is 9.91. The maximum absolute atomic E-state index is 13.1. The van der Waals surface area contributed by atoms with Gasteiger partial charge in [0.25, 0.3) is 0 Å². The standard InChI is InChI=1S/C22H31NO6/c1-14-8-6-4-3-5-7-9-16-11-22(16,21(27)28)12-19(25)18-10-17(29-15(2)24)13-23(18)20(14)26/h7,9,14,16-18H,3-6,8,10-13H2,1-2H3,(H,27,28)/b9-7-/t14-,16+,17+,18-,22+/m0/s1. The fraction of sp³-hybridized carbons (Fsp3) is 0.727. The monoisotopic (exact) mass is 405 g/mol. The molecular formula is C22H31NO6. The molecule has 7 heteroatoms. The lowest BCUT2D eigenvalue weighted by molar-refractivity contribution is -0.148. The van der Waals surface area contributed by atoms with Crippen LogP contribution in [0.2, 0.25) is 0 Å². The van der Waals surface area contributed by atoms with Crippen molar-refractivity contribution in [2.45, 2.75) is 77.4 Å². The van der Waals surface area contributed by atoms with Crippen molar-refractivity contribution in [3.8, 4) is 0 Å². The molecule has 160 valence electrons. The molecule has 0 bridgehead atoms.